The number of fused-ring (bicyclic) bond motifs is 12. The maximum Gasteiger partial charge on any atom is 0.124 e. The van der Waals surface area contributed by atoms with Crippen LogP contribution >= 0.6 is 34.4 Å². The summed E-state index contributed by atoms with van der Waals surface area (Å²) in [6.45, 7) is 0. The molecule has 60 heavy (non-hydrogen) atoms. The van der Waals surface area contributed by atoms with Crippen LogP contribution in [-0.2, 0) is 5.41 Å². The highest BCUT2D eigenvalue weighted by Gasteiger charge is 2.50. The second-order valence-electron chi connectivity index (χ2n) is 15.6. The van der Waals surface area contributed by atoms with Crippen molar-refractivity contribution in [1.29, 1.82) is 0 Å². The predicted octanol–water partition coefficient (Wildman–Crippen LogP) is 15.6. The lowest BCUT2D eigenvalue weighted by Crippen LogP contribution is -2.31. The molecule has 3 heterocycles. The average molecular weight is 817 g/mol. The normalized spacial score (nSPS) is 13.4. The van der Waals surface area contributed by atoms with Gasteiger partial charge in [-0.2, -0.15) is 0 Å². The molecule has 0 amide bonds. The molecule has 0 atom stereocenters. The van der Waals surface area contributed by atoms with Gasteiger partial charge < -0.3 is 0 Å². The third-order valence-corrected chi connectivity index (χ3v) is 15.7. The van der Waals surface area contributed by atoms with Crippen LogP contribution in [0.5, 0.6) is 0 Å². The van der Waals surface area contributed by atoms with Crippen LogP contribution in [0.2, 0.25) is 0 Å². The van der Waals surface area contributed by atoms with Crippen LogP contribution in [-0.4, -0.2) is 9.97 Å². The third-order valence-electron chi connectivity index (χ3n) is 12.4. The quantitative estimate of drug-likeness (QED) is 0.177. The van der Waals surface area contributed by atoms with Gasteiger partial charge in [0.05, 0.1) is 25.8 Å². The van der Waals surface area contributed by atoms with E-state index >= 15 is 0 Å². The van der Waals surface area contributed by atoms with Gasteiger partial charge in [0.15, 0.2) is 0 Å². The summed E-state index contributed by atoms with van der Waals surface area (Å²) in [6, 6.07) is 71.6. The predicted molar refractivity (Wildman–Crippen MR) is 253 cm³/mol. The van der Waals surface area contributed by atoms with Gasteiger partial charge in [-0.05, 0) is 127 Å². The first kappa shape index (κ1) is 34.3. The van der Waals surface area contributed by atoms with E-state index in [-0.39, 0.29) is 5.41 Å². The lowest BCUT2D eigenvalue weighted by molar-refractivity contribution is 0.722. The van der Waals surface area contributed by atoms with E-state index in [0.29, 0.717) is 0 Å². The zero-order chi connectivity index (χ0) is 39.4. The summed E-state index contributed by atoms with van der Waals surface area (Å²) < 4.78 is 2.38. The molecule has 2 nitrogen and oxygen atoms in total. The smallest absolute Gasteiger partial charge is 0.124 e. The van der Waals surface area contributed by atoms with Crippen molar-refractivity contribution in [3.63, 3.8) is 0 Å². The van der Waals surface area contributed by atoms with Crippen LogP contribution in [0.25, 0.3) is 85.7 Å². The summed E-state index contributed by atoms with van der Waals surface area (Å²) in [4.78, 5) is 12.9. The molecule has 0 fully saturated rings. The molecule has 13 rings (SSSR count). The molecule has 280 valence electrons. The van der Waals surface area contributed by atoms with Gasteiger partial charge in [0, 0.05) is 20.9 Å². The highest BCUT2D eigenvalue weighted by atomic mass is 32.2. The zero-order valence-electron chi connectivity index (χ0n) is 32.1. The van der Waals surface area contributed by atoms with Gasteiger partial charge in [-0.3, -0.25) is 0 Å². The van der Waals surface area contributed by atoms with Gasteiger partial charge >= 0.3 is 0 Å². The summed E-state index contributed by atoms with van der Waals surface area (Å²) in [5.41, 5.74) is 16.7. The van der Waals surface area contributed by atoms with Gasteiger partial charge in [-0.1, -0.05) is 145 Å². The molecule has 11 aromatic rings. The summed E-state index contributed by atoms with van der Waals surface area (Å²) in [5, 5.41) is 4.47. The Hall–Kier alpha value is -6.63. The number of thiazole rings is 2. The summed E-state index contributed by atoms with van der Waals surface area (Å²) in [6.07, 6.45) is 0. The van der Waals surface area contributed by atoms with Crippen molar-refractivity contribution < 1.29 is 0 Å². The fourth-order valence-electron chi connectivity index (χ4n) is 9.85. The number of hydrogen-bond donors (Lipinski definition) is 0. The molecule has 0 radical (unpaired) electrons. The van der Waals surface area contributed by atoms with Crippen LogP contribution in [0.15, 0.2) is 204 Å². The van der Waals surface area contributed by atoms with Crippen molar-refractivity contribution in [3.05, 3.63) is 216 Å². The number of aromatic nitrogens is 2. The first-order valence-corrected chi connectivity index (χ1v) is 22.7. The Morgan fingerprint density at radius 3 is 1.43 bits per heavy atom. The Kier molecular flexibility index (Phi) is 7.53. The van der Waals surface area contributed by atoms with E-state index in [4.69, 9.17) is 9.97 Å². The minimum absolute atomic E-state index is 0.385. The topological polar surface area (TPSA) is 25.8 Å². The Bertz CT molecular complexity index is 3350. The number of benzene rings is 9. The maximum absolute atomic E-state index is 5.11. The van der Waals surface area contributed by atoms with Crippen LogP contribution in [0, 0.1) is 0 Å². The SMILES string of the molecule is c1ccc2c(c1)Sc1ccccc1C21c2ccccc2-c2cc(-c3ccc(-c4cc(-c5nc6ccccc6s5)cc(-c5nc6ccccc6s5)c4)c4ccccc34)ccc21. The first-order chi connectivity index (χ1) is 29.7. The van der Waals surface area contributed by atoms with E-state index in [1.54, 1.807) is 22.7 Å². The number of nitrogens with zero attached hydrogens (tertiary/aromatic N) is 2. The summed E-state index contributed by atoms with van der Waals surface area (Å²) in [5.74, 6) is 0. The van der Waals surface area contributed by atoms with E-state index in [2.05, 4.69) is 194 Å². The molecule has 1 aliphatic heterocycles. The molecule has 0 N–H and O–H groups in total. The fraction of sp³-hybridized carbons (Fsp3) is 0.0182. The van der Waals surface area contributed by atoms with Gasteiger partial charge in [0.2, 0.25) is 0 Å². The van der Waals surface area contributed by atoms with E-state index in [9.17, 15) is 0 Å². The molecule has 0 unspecified atom stereocenters. The molecule has 0 saturated carbocycles. The fourth-order valence-corrected chi connectivity index (χ4v) is 12.9. The van der Waals surface area contributed by atoms with E-state index < -0.39 is 0 Å². The van der Waals surface area contributed by atoms with E-state index in [1.807, 2.05) is 11.8 Å². The summed E-state index contributed by atoms with van der Waals surface area (Å²) in [7, 11) is 0. The molecule has 5 heteroatoms. The monoisotopic (exact) mass is 816 g/mol. The Morgan fingerprint density at radius 2 is 0.817 bits per heavy atom. The third kappa shape index (κ3) is 5.01. The van der Waals surface area contributed by atoms with Crippen LogP contribution in [0.3, 0.4) is 0 Å². The van der Waals surface area contributed by atoms with Crippen molar-refractivity contribution in [2.24, 2.45) is 0 Å². The Labute approximate surface area is 359 Å². The second-order valence-corrected chi connectivity index (χ2v) is 18.8. The molecular formula is C55H32N2S3. The lowest BCUT2D eigenvalue weighted by atomic mass is 9.67. The van der Waals surface area contributed by atoms with Gasteiger partial charge in [0.25, 0.3) is 0 Å². The van der Waals surface area contributed by atoms with Crippen molar-refractivity contribution in [2.45, 2.75) is 15.2 Å². The van der Waals surface area contributed by atoms with Crippen molar-refractivity contribution in [3.8, 4) is 54.5 Å². The van der Waals surface area contributed by atoms with Crippen molar-refractivity contribution in [2.75, 3.05) is 0 Å². The minimum Gasteiger partial charge on any atom is -0.236 e. The van der Waals surface area contributed by atoms with Crippen molar-refractivity contribution in [1.82, 2.24) is 9.97 Å². The van der Waals surface area contributed by atoms with Gasteiger partial charge in [-0.25, -0.2) is 9.97 Å². The highest BCUT2D eigenvalue weighted by Crippen LogP contribution is 2.62. The standard InChI is InChI=1S/C55H32N2S3/c1-2-14-40-38(34-29-35(53-56-47-19-7-11-23-51(47)59-53)31-36(30-34)54-57-48-20-8-12-24-52(48)60-54)27-26-37(39(40)13-1)33-25-28-44-42(32-33)41-15-3-4-16-43(41)55(44)45-17-5-9-21-49(45)58-50-22-10-6-18-46(50)55/h1-32H. The number of hydrogen-bond acceptors (Lipinski definition) is 5. The molecule has 9 aromatic carbocycles. The minimum atomic E-state index is -0.385. The summed E-state index contributed by atoms with van der Waals surface area (Å²) >= 11 is 5.37. The number of rotatable bonds is 4. The molecular weight excluding hydrogens is 785 g/mol. The molecule has 1 aliphatic carbocycles. The molecule has 0 saturated heterocycles. The lowest BCUT2D eigenvalue weighted by Gasteiger charge is -2.39. The van der Waals surface area contributed by atoms with E-state index in [0.717, 1.165) is 37.7 Å². The van der Waals surface area contributed by atoms with E-state index in [1.165, 1.54) is 80.0 Å². The number of para-hydroxylation sites is 2. The Morgan fingerprint density at radius 1 is 0.333 bits per heavy atom. The largest absolute Gasteiger partial charge is 0.236 e. The molecule has 2 aromatic heterocycles. The molecule has 1 spiro atoms. The average Bonchev–Trinajstić information content (AvgIpc) is 4.02. The van der Waals surface area contributed by atoms with Crippen molar-refractivity contribution >= 4 is 65.6 Å². The maximum atomic E-state index is 5.11. The van der Waals surface area contributed by atoms with Crippen LogP contribution in [0.4, 0.5) is 0 Å². The van der Waals surface area contributed by atoms with Crippen LogP contribution < -0.4 is 0 Å². The van der Waals surface area contributed by atoms with Crippen LogP contribution in [0.1, 0.15) is 22.3 Å². The molecule has 0 bridgehead atoms. The highest BCUT2D eigenvalue weighted by molar-refractivity contribution is 7.99. The van der Waals surface area contributed by atoms with Gasteiger partial charge in [-0.15, -0.1) is 22.7 Å². The molecule has 2 aliphatic rings. The van der Waals surface area contributed by atoms with Gasteiger partial charge in [0.1, 0.15) is 10.0 Å². The second kappa shape index (κ2) is 13.2. The Balaban J connectivity index is 0.997. The zero-order valence-corrected chi connectivity index (χ0v) is 34.5. The first-order valence-electron chi connectivity index (χ1n) is 20.2.